The van der Waals surface area contributed by atoms with E-state index in [1.165, 1.54) is 12.4 Å². The van der Waals surface area contributed by atoms with Gasteiger partial charge in [-0.05, 0) is 31.7 Å². The number of carbonyl (C=O) groups excluding carboxylic acids is 1. The molecular formula is C27H28FN9O. The molecule has 1 amide bonds. The Balaban J connectivity index is 1.39. The molecule has 0 aliphatic carbocycles. The highest BCUT2D eigenvalue weighted by atomic mass is 19.1. The zero-order chi connectivity index (χ0) is 26.2. The van der Waals surface area contributed by atoms with Crippen molar-refractivity contribution in [2.45, 2.75) is 19.8 Å². The third-order valence-electron chi connectivity index (χ3n) is 6.88. The van der Waals surface area contributed by atoms with E-state index in [1.807, 2.05) is 19.1 Å². The lowest BCUT2D eigenvalue weighted by atomic mass is 10.1. The zero-order valence-corrected chi connectivity index (χ0v) is 21.3. The molecule has 1 aromatic carbocycles. The lowest BCUT2D eigenvalue weighted by Gasteiger charge is -2.34. The number of imidazole rings is 1. The number of para-hydroxylation sites is 1. The number of benzene rings is 1. The van der Waals surface area contributed by atoms with Crippen LogP contribution in [0.3, 0.4) is 0 Å². The lowest BCUT2D eigenvalue weighted by molar-refractivity contribution is -0.116. The summed E-state index contributed by atoms with van der Waals surface area (Å²) >= 11 is 0. The third-order valence-corrected chi connectivity index (χ3v) is 6.88. The molecule has 3 N–H and O–H groups in total. The minimum atomic E-state index is -0.537. The van der Waals surface area contributed by atoms with Gasteiger partial charge in [0.2, 0.25) is 5.91 Å². The molecule has 1 fully saturated rings. The number of anilines is 2. The molecule has 1 aliphatic heterocycles. The van der Waals surface area contributed by atoms with Crippen molar-refractivity contribution in [3.8, 4) is 22.8 Å². The summed E-state index contributed by atoms with van der Waals surface area (Å²) in [5.74, 6) is -0.180. The van der Waals surface area contributed by atoms with Crippen LogP contribution in [0.4, 0.5) is 15.8 Å². The first kappa shape index (κ1) is 24.0. The first-order valence-corrected chi connectivity index (χ1v) is 12.7. The number of carbonyl (C=O) groups is 1. The maximum Gasteiger partial charge on any atom is 0.224 e. The molecule has 194 valence electrons. The highest BCUT2D eigenvalue weighted by molar-refractivity contribution is 5.97. The average Bonchev–Trinajstić information content (AvgIpc) is 3.54. The van der Waals surface area contributed by atoms with Gasteiger partial charge in [0.05, 0.1) is 40.2 Å². The number of rotatable bonds is 6. The van der Waals surface area contributed by atoms with Gasteiger partial charge in [0.25, 0.3) is 0 Å². The van der Waals surface area contributed by atoms with E-state index in [-0.39, 0.29) is 17.0 Å². The molecule has 5 aromatic rings. The summed E-state index contributed by atoms with van der Waals surface area (Å²) in [5, 5.41) is 10.4. The Morgan fingerprint density at radius 2 is 1.95 bits per heavy atom. The number of likely N-dealkylation sites (N-methyl/N-ethyl adjacent to an activating group) is 1. The fraction of sp³-hybridized carbons (Fsp3) is 0.296. The number of nitrogens with zero attached hydrogens (tertiary/aromatic N) is 6. The number of fused-ring (bicyclic) bond motifs is 2. The number of nitrogens with one attached hydrogen (secondary N) is 3. The number of pyridine rings is 2. The van der Waals surface area contributed by atoms with Gasteiger partial charge in [0.1, 0.15) is 16.9 Å². The lowest BCUT2D eigenvalue weighted by Crippen LogP contribution is -2.44. The summed E-state index contributed by atoms with van der Waals surface area (Å²) < 4.78 is 16.0. The molecule has 6 rings (SSSR count). The monoisotopic (exact) mass is 513 g/mol. The fourth-order valence-electron chi connectivity index (χ4n) is 4.87. The van der Waals surface area contributed by atoms with E-state index in [4.69, 9.17) is 4.98 Å². The van der Waals surface area contributed by atoms with Crippen molar-refractivity contribution in [2.24, 2.45) is 0 Å². The number of halogens is 1. The van der Waals surface area contributed by atoms with Gasteiger partial charge in [-0.15, -0.1) is 0 Å². The van der Waals surface area contributed by atoms with Crippen molar-refractivity contribution in [2.75, 3.05) is 43.4 Å². The van der Waals surface area contributed by atoms with Crippen molar-refractivity contribution in [3.05, 3.63) is 48.7 Å². The second kappa shape index (κ2) is 9.82. The van der Waals surface area contributed by atoms with Crippen molar-refractivity contribution in [3.63, 3.8) is 0 Å². The summed E-state index contributed by atoms with van der Waals surface area (Å²) in [6.45, 7) is 5.73. The molecule has 4 aromatic heterocycles. The number of amides is 1. The van der Waals surface area contributed by atoms with Crippen LogP contribution in [0.2, 0.25) is 0 Å². The van der Waals surface area contributed by atoms with Crippen LogP contribution in [0.15, 0.2) is 42.9 Å². The van der Waals surface area contributed by atoms with Gasteiger partial charge >= 0.3 is 0 Å². The molecule has 0 spiro atoms. The molecule has 1 saturated heterocycles. The minimum Gasteiger partial charge on any atom is -0.367 e. The van der Waals surface area contributed by atoms with Crippen molar-refractivity contribution < 1.29 is 9.18 Å². The topological polar surface area (TPSA) is 119 Å². The first-order valence-electron chi connectivity index (χ1n) is 12.7. The molecule has 0 atom stereocenters. The van der Waals surface area contributed by atoms with Crippen molar-refractivity contribution in [1.29, 1.82) is 0 Å². The van der Waals surface area contributed by atoms with Crippen LogP contribution in [-0.2, 0) is 4.79 Å². The highest BCUT2D eigenvalue weighted by Gasteiger charge is 2.23. The van der Waals surface area contributed by atoms with Crippen LogP contribution in [0.25, 0.3) is 44.7 Å². The Morgan fingerprint density at radius 1 is 1.11 bits per heavy atom. The van der Waals surface area contributed by atoms with Gasteiger partial charge in [-0.2, -0.15) is 5.10 Å². The number of H-pyrrole nitrogens is 2. The Morgan fingerprint density at radius 3 is 2.76 bits per heavy atom. The second-order valence-corrected chi connectivity index (χ2v) is 9.59. The SMILES string of the molecule is CCCC(=O)Nc1cncc(-c2ncc3[nH]nc(-c4nc5c(N6CCN(C)CC6)cccc5[nH]4)c3c2F)c1. The van der Waals surface area contributed by atoms with Crippen LogP contribution in [-0.4, -0.2) is 74.2 Å². The van der Waals surface area contributed by atoms with E-state index in [0.29, 0.717) is 34.7 Å². The van der Waals surface area contributed by atoms with Gasteiger partial charge in [-0.1, -0.05) is 13.0 Å². The van der Waals surface area contributed by atoms with Gasteiger partial charge in [0.15, 0.2) is 11.6 Å². The molecule has 0 radical (unpaired) electrons. The molecule has 1 aliphatic rings. The first-order chi connectivity index (χ1) is 18.5. The van der Waals surface area contributed by atoms with Crippen LogP contribution in [0.5, 0.6) is 0 Å². The average molecular weight is 514 g/mol. The van der Waals surface area contributed by atoms with E-state index in [1.54, 1.807) is 12.3 Å². The molecule has 10 nitrogen and oxygen atoms in total. The summed E-state index contributed by atoms with van der Waals surface area (Å²) in [5.41, 5.74) is 4.64. The number of piperazine rings is 1. The fourth-order valence-corrected chi connectivity index (χ4v) is 4.87. The second-order valence-electron chi connectivity index (χ2n) is 9.59. The Hall–Kier alpha value is -4.38. The summed E-state index contributed by atoms with van der Waals surface area (Å²) in [4.78, 5) is 33.4. The Labute approximate surface area is 218 Å². The van der Waals surface area contributed by atoms with Crippen molar-refractivity contribution >= 4 is 39.2 Å². The van der Waals surface area contributed by atoms with Gasteiger partial charge < -0.3 is 20.1 Å². The molecule has 0 unspecified atom stereocenters. The minimum absolute atomic E-state index is 0.117. The van der Waals surface area contributed by atoms with Gasteiger partial charge in [-0.3, -0.25) is 19.9 Å². The van der Waals surface area contributed by atoms with Crippen LogP contribution in [0, 0.1) is 5.82 Å². The molecule has 0 bridgehead atoms. The predicted octanol–water partition coefficient (Wildman–Crippen LogP) is 4.19. The smallest absolute Gasteiger partial charge is 0.224 e. The Bertz CT molecular complexity index is 1630. The van der Waals surface area contributed by atoms with Crippen LogP contribution >= 0.6 is 0 Å². The highest BCUT2D eigenvalue weighted by Crippen LogP contribution is 2.34. The molecular weight excluding hydrogens is 485 g/mol. The molecule has 0 saturated carbocycles. The van der Waals surface area contributed by atoms with Gasteiger partial charge in [-0.25, -0.2) is 9.37 Å². The number of aromatic amines is 2. The van der Waals surface area contributed by atoms with Crippen LogP contribution < -0.4 is 10.2 Å². The van der Waals surface area contributed by atoms with Crippen LogP contribution in [0.1, 0.15) is 19.8 Å². The van der Waals surface area contributed by atoms with E-state index >= 15 is 4.39 Å². The number of hydrogen-bond acceptors (Lipinski definition) is 7. The number of hydrogen-bond donors (Lipinski definition) is 3. The summed E-state index contributed by atoms with van der Waals surface area (Å²) in [7, 11) is 2.12. The quantitative estimate of drug-likeness (QED) is 0.311. The van der Waals surface area contributed by atoms with E-state index in [0.717, 1.165) is 49.3 Å². The molecule has 11 heteroatoms. The summed E-state index contributed by atoms with van der Waals surface area (Å²) in [6.07, 6.45) is 5.73. The standard InChI is InChI=1S/C27H28FN9O/c1-3-5-21(38)31-17-12-16(13-29-14-17)24-23(28)22-19(15-30-24)34-35-26(22)27-32-18-6-4-7-20(25(18)33-27)37-10-8-36(2)9-11-37/h4,6-7,12-15H,3,5,8-11H2,1-2H3,(H,31,38)(H,32,33)(H,34,35). The molecule has 38 heavy (non-hydrogen) atoms. The maximum absolute atomic E-state index is 16.0. The largest absolute Gasteiger partial charge is 0.367 e. The summed E-state index contributed by atoms with van der Waals surface area (Å²) in [6, 6.07) is 7.71. The van der Waals surface area contributed by atoms with E-state index in [9.17, 15) is 4.79 Å². The van der Waals surface area contributed by atoms with E-state index < -0.39 is 5.82 Å². The third kappa shape index (κ3) is 4.34. The zero-order valence-electron chi connectivity index (χ0n) is 21.3. The Kier molecular flexibility index (Phi) is 6.20. The molecule has 5 heterocycles. The number of aromatic nitrogens is 6. The van der Waals surface area contributed by atoms with E-state index in [2.05, 4.69) is 53.4 Å². The normalized spacial score (nSPS) is 14.4. The predicted molar refractivity (Wildman–Crippen MR) is 145 cm³/mol. The van der Waals surface area contributed by atoms with Crippen molar-refractivity contribution in [1.82, 2.24) is 35.0 Å². The maximum atomic E-state index is 16.0. The van der Waals surface area contributed by atoms with Gasteiger partial charge in [0, 0.05) is 44.4 Å².